The number of aryl methyl sites for hydroxylation is 1. The summed E-state index contributed by atoms with van der Waals surface area (Å²) in [5.74, 6) is 0.0556. The van der Waals surface area contributed by atoms with Crippen LogP contribution in [0.4, 0.5) is 8.78 Å². The lowest BCUT2D eigenvalue weighted by molar-refractivity contribution is -0.0502. The second-order valence-corrected chi connectivity index (χ2v) is 7.48. The van der Waals surface area contributed by atoms with Crippen LogP contribution < -0.4 is 10.1 Å². The van der Waals surface area contributed by atoms with Gasteiger partial charge in [0.1, 0.15) is 5.75 Å². The summed E-state index contributed by atoms with van der Waals surface area (Å²) < 4.78 is 37.8. The topological polar surface area (TPSA) is 60.7 Å². The number of ether oxygens (including phenoxy) is 2. The Kier molecular flexibility index (Phi) is 4.74. The third-order valence-corrected chi connectivity index (χ3v) is 5.31. The van der Waals surface area contributed by atoms with E-state index in [9.17, 15) is 8.78 Å². The van der Waals surface area contributed by atoms with Crippen LogP contribution in [0.15, 0.2) is 37.2 Å². The average Bonchev–Trinajstić information content (AvgIpc) is 3.08. The molecular weight excluding hydrogens is 378 g/mol. The molecule has 6 nitrogen and oxygen atoms in total. The van der Waals surface area contributed by atoms with Gasteiger partial charge in [0.25, 0.3) is 0 Å². The Morgan fingerprint density at radius 1 is 1.31 bits per heavy atom. The Balaban J connectivity index is 1.81. The SMILES string of the molecule is C=C(NC)c1c(C)cc(-c2cnc3cc(C4(C)COC4)cnn23)cc1OC(F)F. The maximum Gasteiger partial charge on any atom is 0.387 e. The molecule has 1 N–H and O–H groups in total. The minimum absolute atomic E-state index is 0.0507. The molecule has 0 amide bonds. The van der Waals surface area contributed by atoms with Crippen molar-refractivity contribution in [3.05, 3.63) is 53.9 Å². The van der Waals surface area contributed by atoms with Gasteiger partial charge in [-0.1, -0.05) is 13.5 Å². The lowest BCUT2D eigenvalue weighted by atomic mass is 9.82. The third-order valence-electron chi connectivity index (χ3n) is 5.31. The van der Waals surface area contributed by atoms with Gasteiger partial charge in [0, 0.05) is 29.3 Å². The van der Waals surface area contributed by atoms with E-state index in [2.05, 4.69) is 28.9 Å². The average molecular weight is 400 g/mol. The summed E-state index contributed by atoms with van der Waals surface area (Å²) in [6.07, 6.45) is 3.49. The molecule has 0 radical (unpaired) electrons. The number of imidazole rings is 1. The van der Waals surface area contributed by atoms with E-state index in [4.69, 9.17) is 9.47 Å². The lowest BCUT2D eigenvalue weighted by Gasteiger charge is -2.38. The Morgan fingerprint density at radius 3 is 2.69 bits per heavy atom. The molecule has 0 atom stereocenters. The summed E-state index contributed by atoms with van der Waals surface area (Å²) in [4.78, 5) is 4.46. The molecule has 0 aliphatic carbocycles. The van der Waals surface area contributed by atoms with Crippen LogP contribution >= 0.6 is 0 Å². The van der Waals surface area contributed by atoms with Gasteiger partial charge in [0.2, 0.25) is 0 Å². The summed E-state index contributed by atoms with van der Waals surface area (Å²) in [6.45, 7) is 6.20. The minimum atomic E-state index is -2.94. The van der Waals surface area contributed by atoms with Crippen LogP contribution in [-0.2, 0) is 10.2 Å². The highest BCUT2D eigenvalue weighted by atomic mass is 19.3. The zero-order valence-corrected chi connectivity index (χ0v) is 16.5. The Bertz CT molecular complexity index is 1090. The summed E-state index contributed by atoms with van der Waals surface area (Å²) >= 11 is 0. The van der Waals surface area contributed by atoms with E-state index in [0.717, 1.165) is 11.1 Å². The van der Waals surface area contributed by atoms with E-state index in [1.807, 2.05) is 19.1 Å². The zero-order chi connectivity index (χ0) is 20.8. The van der Waals surface area contributed by atoms with Crippen molar-refractivity contribution in [1.82, 2.24) is 19.9 Å². The van der Waals surface area contributed by atoms with Crippen molar-refractivity contribution >= 4 is 11.3 Å². The van der Waals surface area contributed by atoms with Crippen LogP contribution in [-0.4, -0.2) is 41.5 Å². The predicted octanol–water partition coefficient (Wildman–Crippen LogP) is 3.78. The first-order valence-corrected chi connectivity index (χ1v) is 9.21. The van der Waals surface area contributed by atoms with Gasteiger partial charge in [-0.3, -0.25) is 0 Å². The summed E-state index contributed by atoms with van der Waals surface area (Å²) in [7, 11) is 1.68. The number of halogens is 2. The van der Waals surface area contributed by atoms with Crippen LogP contribution in [0.25, 0.3) is 22.6 Å². The van der Waals surface area contributed by atoms with Gasteiger partial charge in [0.05, 0.1) is 31.3 Å². The number of hydrogen-bond donors (Lipinski definition) is 1. The molecule has 8 heteroatoms. The van der Waals surface area contributed by atoms with Gasteiger partial charge in [-0.15, -0.1) is 0 Å². The van der Waals surface area contributed by atoms with E-state index in [0.29, 0.717) is 41.4 Å². The number of nitrogens with zero attached hydrogens (tertiary/aromatic N) is 3. The summed E-state index contributed by atoms with van der Waals surface area (Å²) in [5, 5.41) is 7.43. The van der Waals surface area contributed by atoms with Gasteiger partial charge in [-0.25, -0.2) is 9.50 Å². The zero-order valence-electron chi connectivity index (χ0n) is 16.5. The quantitative estimate of drug-likeness (QED) is 0.682. The molecule has 0 spiro atoms. The first-order valence-electron chi connectivity index (χ1n) is 9.21. The number of alkyl halides is 2. The maximum atomic E-state index is 13.0. The third kappa shape index (κ3) is 3.33. The lowest BCUT2D eigenvalue weighted by Crippen LogP contribution is -2.44. The number of aromatic nitrogens is 3. The smallest absolute Gasteiger partial charge is 0.387 e. The van der Waals surface area contributed by atoms with Crippen LogP contribution in [0.3, 0.4) is 0 Å². The van der Waals surface area contributed by atoms with Crippen molar-refractivity contribution in [2.45, 2.75) is 25.9 Å². The highest BCUT2D eigenvalue weighted by Crippen LogP contribution is 2.35. The fourth-order valence-electron chi connectivity index (χ4n) is 3.58. The van der Waals surface area contributed by atoms with Gasteiger partial charge in [0.15, 0.2) is 5.65 Å². The molecule has 1 aliphatic heterocycles. The van der Waals surface area contributed by atoms with E-state index < -0.39 is 6.61 Å². The molecule has 1 aromatic carbocycles. The van der Waals surface area contributed by atoms with Gasteiger partial charge >= 0.3 is 6.61 Å². The number of hydrogen-bond acceptors (Lipinski definition) is 5. The first kappa shape index (κ1) is 19.3. The highest BCUT2D eigenvalue weighted by Gasteiger charge is 2.36. The minimum Gasteiger partial charge on any atom is -0.434 e. The number of nitrogens with one attached hydrogen (secondary N) is 1. The number of rotatable bonds is 6. The second kappa shape index (κ2) is 7.11. The molecule has 29 heavy (non-hydrogen) atoms. The fourth-order valence-corrected chi connectivity index (χ4v) is 3.58. The standard InChI is InChI=1S/C21H22F2N4O2/c1-12-5-14(6-17(29-20(22)23)19(12)13(2)24-4)16-9-25-18-7-15(8-26-27(16)18)21(3)10-28-11-21/h5-9,20,24H,2,10-11H2,1,3-4H3. The maximum absolute atomic E-state index is 13.0. The van der Waals surface area contributed by atoms with Crippen LogP contribution in [0, 0.1) is 6.92 Å². The van der Waals surface area contributed by atoms with E-state index in [1.165, 1.54) is 0 Å². The molecular formula is C21H22F2N4O2. The molecule has 3 heterocycles. The molecule has 0 unspecified atom stereocenters. The normalized spacial score (nSPS) is 15.4. The van der Waals surface area contributed by atoms with Gasteiger partial charge < -0.3 is 14.8 Å². The Labute approximate surface area is 167 Å². The molecule has 1 saturated heterocycles. The fraction of sp³-hybridized carbons (Fsp3) is 0.333. The highest BCUT2D eigenvalue weighted by molar-refractivity contribution is 5.76. The molecule has 0 saturated carbocycles. The van der Waals surface area contributed by atoms with Crippen LogP contribution in [0.5, 0.6) is 5.75 Å². The van der Waals surface area contributed by atoms with Crippen molar-refractivity contribution in [1.29, 1.82) is 0 Å². The summed E-state index contributed by atoms with van der Waals surface area (Å²) in [6, 6.07) is 5.44. The molecule has 3 aromatic rings. The van der Waals surface area contributed by atoms with Crippen LogP contribution in [0.2, 0.25) is 0 Å². The van der Waals surface area contributed by atoms with E-state index >= 15 is 0 Å². The van der Waals surface area contributed by atoms with E-state index in [-0.39, 0.29) is 11.2 Å². The van der Waals surface area contributed by atoms with Gasteiger partial charge in [-0.2, -0.15) is 13.9 Å². The molecule has 1 aliphatic rings. The van der Waals surface area contributed by atoms with E-state index in [1.54, 1.807) is 30.0 Å². The van der Waals surface area contributed by atoms with Crippen molar-refractivity contribution in [2.75, 3.05) is 20.3 Å². The molecule has 2 aromatic heterocycles. The second-order valence-electron chi connectivity index (χ2n) is 7.48. The summed E-state index contributed by atoms with van der Waals surface area (Å²) in [5.41, 5.74) is 4.82. The van der Waals surface area contributed by atoms with Crippen LogP contribution in [0.1, 0.15) is 23.6 Å². The predicted molar refractivity (Wildman–Crippen MR) is 106 cm³/mol. The largest absolute Gasteiger partial charge is 0.434 e. The van der Waals surface area contributed by atoms with Crippen molar-refractivity contribution in [3.63, 3.8) is 0 Å². The Morgan fingerprint density at radius 2 is 2.07 bits per heavy atom. The Hall–Kier alpha value is -3.00. The monoisotopic (exact) mass is 400 g/mol. The van der Waals surface area contributed by atoms with Crippen molar-refractivity contribution in [2.24, 2.45) is 0 Å². The first-order chi connectivity index (χ1) is 13.8. The molecule has 1 fully saturated rings. The van der Waals surface area contributed by atoms with Gasteiger partial charge in [-0.05, 0) is 36.2 Å². The number of benzene rings is 1. The molecule has 4 rings (SSSR count). The molecule has 0 bridgehead atoms. The van der Waals surface area contributed by atoms with Crippen molar-refractivity contribution in [3.8, 4) is 17.0 Å². The number of fused-ring (bicyclic) bond motifs is 1. The van der Waals surface area contributed by atoms with Crippen molar-refractivity contribution < 1.29 is 18.3 Å². The molecule has 152 valence electrons.